The topological polar surface area (TPSA) is 29.5 Å². The van der Waals surface area contributed by atoms with Crippen molar-refractivity contribution in [3.8, 4) is 11.1 Å². The molecule has 138 valence electrons. The fourth-order valence-electron chi connectivity index (χ4n) is 3.94. The summed E-state index contributed by atoms with van der Waals surface area (Å²) < 4.78 is 6.09. The van der Waals surface area contributed by atoms with Gasteiger partial charge < -0.3 is 9.84 Å². The minimum Gasteiger partial charge on any atom is -0.509 e. The van der Waals surface area contributed by atoms with Crippen molar-refractivity contribution in [3.63, 3.8) is 0 Å². The molecule has 2 aromatic carbocycles. The summed E-state index contributed by atoms with van der Waals surface area (Å²) in [5.74, 6) is 0.324. The first-order valence-electron chi connectivity index (χ1n) is 9.00. The van der Waals surface area contributed by atoms with Gasteiger partial charge in [-0.15, -0.1) is 0 Å². The molecule has 1 aliphatic rings. The summed E-state index contributed by atoms with van der Waals surface area (Å²) in [4.78, 5) is 0. The highest BCUT2D eigenvalue weighted by Gasteiger charge is 2.40. The number of benzene rings is 2. The first-order chi connectivity index (χ1) is 12.0. The predicted molar refractivity (Wildman–Crippen MR) is 110 cm³/mol. The summed E-state index contributed by atoms with van der Waals surface area (Å²) in [6.45, 7) is 12.1. The second kappa shape index (κ2) is 6.44. The third-order valence-electron chi connectivity index (χ3n) is 5.05. The van der Waals surface area contributed by atoms with E-state index in [0.29, 0.717) is 12.2 Å². The number of hydrogen-bond donors (Lipinski definition) is 1. The summed E-state index contributed by atoms with van der Waals surface area (Å²) in [6.07, 6.45) is 0.673. The monoisotopic (exact) mass is 370 g/mol. The molecule has 0 radical (unpaired) electrons. The van der Waals surface area contributed by atoms with Gasteiger partial charge in [0.1, 0.15) is 11.4 Å². The van der Waals surface area contributed by atoms with Crippen LogP contribution >= 0.6 is 11.6 Å². The van der Waals surface area contributed by atoms with Crippen LogP contribution in [0.2, 0.25) is 5.02 Å². The maximum absolute atomic E-state index is 10.9. The summed E-state index contributed by atoms with van der Waals surface area (Å²) in [7, 11) is 0. The number of rotatable bonds is 2. The lowest BCUT2D eigenvalue weighted by molar-refractivity contribution is -0.124. The van der Waals surface area contributed by atoms with Gasteiger partial charge in [0.25, 0.3) is 0 Å². The van der Waals surface area contributed by atoms with Crippen molar-refractivity contribution >= 4 is 17.2 Å². The molecule has 3 rings (SSSR count). The van der Waals surface area contributed by atoms with Gasteiger partial charge in [0, 0.05) is 17.0 Å². The maximum Gasteiger partial charge on any atom is 0.127 e. The fourth-order valence-corrected chi connectivity index (χ4v) is 4.16. The number of aryl methyl sites for hydroxylation is 2. The van der Waals surface area contributed by atoms with Crippen LogP contribution in [0.15, 0.2) is 42.2 Å². The van der Waals surface area contributed by atoms with Gasteiger partial charge in [-0.3, -0.25) is 0 Å². The fraction of sp³-hybridized carbons (Fsp3) is 0.391. The van der Waals surface area contributed by atoms with E-state index >= 15 is 0 Å². The Balaban J connectivity index is 2.17. The maximum atomic E-state index is 10.9. The van der Waals surface area contributed by atoms with Crippen molar-refractivity contribution in [2.75, 3.05) is 0 Å². The van der Waals surface area contributed by atoms with E-state index in [1.165, 1.54) is 0 Å². The highest BCUT2D eigenvalue weighted by molar-refractivity contribution is 6.30. The zero-order chi connectivity index (χ0) is 19.3. The van der Waals surface area contributed by atoms with Crippen molar-refractivity contribution < 1.29 is 9.84 Å². The normalized spacial score (nSPS) is 18.9. The van der Waals surface area contributed by atoms with Gasteiger partial charge in [0.2, 0.25) is 0 Å². The standard InChI is InChI=1S/C23H27ClO2/c1-14-7-8-16(18-10-9-17(24)11-15(18)2)12-19(14)20-13-22(3,4)26-23(5,6)21(20)25/h7-12,25H,13H2,1-6H3. The molecule has 1 heterocycles. The third-order valence-corrected chi connectivity index (χ3v) is 5.29. The van der Waals surface area contributed by atoms with E-state index in [4.69, 9.17) is 16.3 Å². The molecule has 0 aromatic heterocycles. The van der Waals surface area contributed by atoms with E-state index in [-0.39, 0.29) is 5.60 Å². The SMILES string of the molecule is Cc1ccc(-c2ccc(Cl)cc2C)cc1C1=C(O)C(C)(C)OC(C)(C)C1. The van der Waals surface area contributed by atoms with Gasteiger partial charge in [-0.1, -0.05) is 29.8 Å². The molecule has 1 aliphatic heterocycles. The molecule has 1 N–H and O–H groups in total. The van der Waals surface area contributed by atoms with Crippen LogP contribution < -0.4 is 0 Å². The van der Waals surface area contributed by atoms with Gasteiger partial charge >= 0.3 is 0 Å². The van der Waals surface area contributed by atoms with Crippen molar-refractivity contribution in [2.24, 2.45) is 0 Å². The number of ether oxygens (including phenoxy) is 1. The number of aliphatic hydroxyl groups is 1. The van der Waals surface area contributed by atoms with Crippen LogP contribution in [0.1, 0.15) is 50.8 Å². The molecule has 2 aromatic rings. The first kappa shape index (κ1) is 19.0. The van der Waals surface area contributed by atoms with E-state index in [9.17, 15) is 5.11 Å². The molecule has 0 bridgehead atoms. The molecular formula is C23H27ClO2. The van der Waals surface area contributed by atoms with Crippen molar-refractivity contribution in [1.82, 2.24) is 0 Å². The highest BCUT2D eigenvalue weighted by Crippen LogP contribution is 2.43. The Labute approximate surface area is 161 Å². The van der Waals surface area contributed by atoms with E-state index in [1.54, 1.807) is 0 Å². The summed E-state index contributed by atoms with van der Waals surface area (Å²) in [5, 5.41) is 11.6. The van der Waals surface area contributed by atoms with E-state index < -0.39 is 5.60 Å². The van der Waals surface area contributed by atoms with Crippen molar-refractivity contribution in [3.05, 3.63) is 63.9 Å². The molecule has 0 aliphatic carbocycles. The number of hydrogen-bond acceptors (Lipinski definition) is 2. The van der Waals surface area contributed by atoms with Gasteiger partial charge in [-0.05, 0) is 87.6 Å². The van der Waals surface area contributed by atoms with Gasteiger partial charge in [0.15, 0.2) is 0 Å². The van der Waals surface area contributed by atoms with Crippen LogP contribution in [-0.2, 0) is 4.74 Å². The minimum atomic E-state index is -0.699. The summed E-state index contributed by atoms with van der Waals surface area (Å²) in [5.41, 5.74) is 5.59. The van der Waals surface area contributed by atoms with Crippen LogP contribution in [0.3, 0.4) is 0 Å². The third kappa shape index (κ3) is 3.54. The van der Waals surface area contributed by atoms with Crippen molar-refractivity contribution in [2.45, 2.75) is 59.2 Å². The smallest absolute Gasteiger partial charge is 0.127 e. The second-order valence-corrected chi connectivity index (χ2v) is 8.80. The Morgan fingerprint density at radius 1 is 0.923 bits per heavy atom. The molecule has 0 spiro atoms. The van der Waals surface area contributed by atoms with Crippen LogP contribution in [0.4, 0.5) is 0 Å². The van der Waals surface area contributed by atoms with Crippen LogP contribution in [-0.4, -0.2) is 16.3 Å². The van der Waals surface area contributed by atoms with Gasteiger partial charge in [0.05, 0.1) is 5.60 Å². The predicted octanol–water partition coefficient (Wildman–Crippen LogP) is 6.87. The average molecular weight is 371 g/mol. The number of aliphatic hydroxyl groups excluding tert-OH is 1. The zero-order valence-electron chi connectivity index (χ0n) is 16.4. The molecule has 0 atom stereocenters. The molecule has 2 nitrogen and oxygen atoms in total. The Morgan fingerprint density at radius 2 is 1.62 bits per heavy atom. The molecule has 3 heteroatoms. The van der Waals surface area contributed by atoms with Crippen LogP contribution in [0, 0.1) is 13.8 Å². The lowest BCUT2D eigenvalue weighted by Gasteiger charge is -2.42. The first-order valence-corrected chi connectivity index (χ1v) is 9.38. The lowest BCUT2D eigenvalue weighted by atomic mass is 9.82. The zero-order valence-corrected chi connectivity index (χ0v) is 17.2. The summed E-state index contributed by atoms with van der Waals surface area (Å²) in [6, 6.07) is 12.4. The quantitative estimate of drug-likeness (QED) is 0.624. The van der Waals surface area contributed by atoms with Crippen LogP contribution in [0.25, 0.3) is 16.7 Å². The molecule has 0 saturated heterocycles. The van der Waals surface area contributed by atoms with E-state index in [0.717, 1.165) is 38.4 Å². The van der Waals surface area contributed by atoms with Crippen LogP contribution in [0.5, 0.6) is 0 Å². The molecule has 26 heavy (non-hydrogen) atoms. The molecule has 0 unspecified atom stereocenters. The Hall–Kier alpha value is -1.77. The molecular weight excluding hydrogens is 344 g/mol. The molecule has 0 amide bonds. The number of halogens is 1. The van der Waals surface area contributed by atoms with Gasteiger partial charge in [-0.25, -0.2) is 0 Å². The largest absolute Gasteiger partial charge is 0.509 e. The van der Waals surface area contributed by atoms with Gasteiger partial charge in [-0.2, -0.15) is 0 Å². The Kier molecular flexibility index (Phi) is 4.71. The summed E-state index contributed by atoms with van der Waals surface area (Å²) >= 11 is 6.11. The Morgan fingerprint density at radius 3 is 2.27 bits per heavy atom. The second-order valence-electron chi connectivity index (χ2n) is 8.36. The lowest BCUT2D eigenvalue weighted by Crippen LogP contribution is -2.43. The minimum absolute atomic E-state index is 0.324. The molecule has 0 saturated carbocycles. The molecule has 0 fully saturated rings. The van der Waals surface area contributed by atoms with E-state index in [2.05, 4.69) is 52.0 Å². The van der Waals surface area contributed by atoms with Crippen molar-refractivity contribution in [1.29, 1.82) is 0 Å². The Bertz CT molecular complexity index is 891. The highest BCUT2D eigenvalue weighted by atomic mass is 35.5. The van der Waals surface area contributed by atoms with E-state index in [1.807, 2.05) is 26.0 Å². The average Bonchev–Trinajstić information content (AvgIpc) is 2.51.